The number of amides is 1. The molecule has 2 N–H and O–H groups in total. The highest BCUT2D eigenvalue weighted by molar-refractivity contribution is 7.85. The lowest BCUT2D eigenvalue weighted by atomic mass is 9.98. The van der Waals surface area contributed by atoms with Crippen molar-refractivity contribution in [3.05, 3.63) is 0 Å². The number of unbranched alkanes of at least 4 members (excludes halogenated alkanes) is 1. The van der Waals surface area contributed by atoms with E-state index in [1.807, 2.05) is 0 Å². The highest BCUT2D eigenvalue weighted by Gasteiger charge is 2.37. The summed E-state index contributed by atoms with van der Waals surface area (Å²) in [6, 6.07) is -0.143. The van der Waals surface area contributed by atoms with Gasteiger partial charge in [0.15, 0.2) is 0 Å². The van der Waals surface area contributed by atoms with E-state index in [4.69, 9.17) is 9.92 Å². The minimum absolute atomic E-state index is 0.0188. The Morgan fingerprint density at radius 1 is 1.44 bits per heavy atom. The van der Waals surface area contributed by atoms with Crippen molar-refractivity contribution >= 4 is 16.0 Å². The van der Waals surface area contributed by atoms with E-state index < -0.39 is 10.1 Å². The van der Waals surface area contributed by atoms with E-state index in [0.717, 1.165) is 25.5 Å². The van der Waals surface area contributed by atoms with Gasteiger partial charge in [0.1, 0.15) is 0 Å². The highest BCUT2D eigenvalue weighted by atomic mass is 32.2. The van der Waals surface area contributed by atoms with Crippen LogP contribution in [0.25, 0.3) is 0 Å². The molecule has 1 aliphatic heterocycles. The maximum absolute atomic E-state index is 11.9. The molecule has 7 heteroatoms. The summed E-state index contributed by atoms with van der Waals surface area (Å²) in [6.45, 7) is 0.686. The molecule has 1 amide bonds. The van der Waals surface area contributed by atoms with Crippen LogP contribution < -0.4 is 5.73 Å². The van der Waals surface area contributed by atoms with Gasteiger partial charge in [-0.3, -0.25) is 8.98 Å². The molecule has 0 aliphatic carbocycles. The molecule has 0 radical (unpaired) electrons. The maximum Gasteiger partial charge on any atom is 0.264 e. The Morgan fingerprint density at radius 2 is 2.11 bits per heavy atom. The number of likely N-dealkylation sites (tertiary alicyclic amines) is 1. The fraction of sp³-hybridized carbons (Fsp3) is 0.909. The van der Waals surface area contributed by atoms with Crippen LogP contribution in [-0.4, -0.2) is 51.7 Å². The average molecular weight is 278 g/mol. The summed E-state index contributed by atoms with van der Waals surface area (Å²) in [4.78, 5) is 13.5. The quantitative estimate of drug-likeness (QED) is 0.520. The number of hydrogen-bond acceptors (Lipinski definition) is 5. The molecule has 106 valence electrons. The van der Waals surface area contributed by atoms with Gasteiger partial charge in [-0.05, 0) is 25.8 Å². The summed E-state index contributed by atoms with van der Waals surface area (Å²) in [5.41, 5.74) is 5.42. The second-order valence-corrected chi connectivity index (χ2v) is 6.45. The topological polar surface area (TPSA) is 89.7 Å². The fourth-order valence-electron chi connectivity index (χ4n) is 2.21. The zero-order valence-corrected chi connectivity index (χ0v) is 11.8. The monoisotopic (exact) mass is 278 g/mol. The molecular weight excluding hydrogens is 256 g/mol. The molecule has 0 aromatic heterocycles. The summed E-state index contributed by atoms with van der Waals surface area (Å²) < 4.78 is 26.6. The fourth-order valence-corrected chi connectivity index (χ4v) is 2.62. The summed E-state index contributed by atoms with van der Waals surface area (Å²) in [5, 5.41) is 0. The van der Waals surface area contributed by atoms with Gasteiger partial charge >= 0.3 is 0 Å². The molecule has 1 heterocycles. The van der Waals surface area contributed by atoms with Gasteiger partial charge in [-0.1, -0.05) is 6.42 Å². The zero-order valence-electron chi connectivity index (χ0n) is 11.0. The molecule has 0 spiro atoms. The predicted molar refractivity (Wildman–Crippen MR) is 68.4 cm³/mol. The van der Waals surface area contributed by atoms with E-state index in [1.54, 1.807) is 11.9 Å². The van der Waals surface area contributed by atoms with Crippen molar-refractivity contribution in [1.29, 1.82) is 0 Å². The molecule has 1 saturated heterocycles. The van der Waals surface area contributed by atoms with E-state index >= 15 is 0 Å². The third kappa shape index (κ3) is 4.55. The van der Waals surface area contributed by atoms with Crippen LogP contribution in [0.2, 0.25) is 0 Å². The molecule has 0 saturated carbocycles. The molecule has 0 unspecified atom stereocenters. The molecule has 0 bridgehead atoms. The largest absolute Gasteiger partial charge is 0.340 e. The lowest BCUT2D eigenvalue weighted by Crippen LogP contribution is -2.33. The van der Waals surface area contributed by atoms with Crippen molar-refractivity contribution < 1.29 is 17.4 Å². The van der Waals surface area contributed by atoms with Crippen LogP contribution in [-0.2, 0) is 19.1 Å². The lowest BCUT2D eigenvalue weighted by molar-refractivity contribution is -0.131. The van der Waals surface area contributed by atoms with Crippen LogP contribution in [0.1, 0.15) is 25.7 Å². The number of likely N-dealkylation sites (N-methyl/N-ethyl adjacent to an activating group) is 1. The van der Waals surface area contributed by atoms with Crippen LogP contribution in [0.15, 0.2) is 0 Å². The molecule has 0 aromatic carbocycles. The highest BCUT2D eigenvalue weighted by Crippen LogP contribution is 2.27. The van der Waals surface area contributed by atoms with Gasteiger partial charge in [-0.25, -0.2) is 0 Å². The van der Waals surface area contributed by atoms with Crippen molar-refractivity contribution in [2.75, 3.05) is 26.5 Å². The second kappa shape index (κ2) is 6.49. The van der Waals surface area contributed by atoms with Crippen LogP contribution >= 0.6 is 0 Å². The molecule has 1 fully saturated rings. The summed E-state index contributed by atoms with van der Waals surface area (Å²) in [7, 11) is -1.75. The van der Waals surface area contributed by atoms with Gasteiger partial charge < -0.3 is 10.6 Å². The Balaban J connectivity index is 2.45. The molecule has 18 heavy (non-hydrogen) atoms. The number of carbonyl (C=O) groups excluding carboxylic acids is 1. The number of nitrogens with zero attached hydrogens (tertiary/aromatic N) is 1. The first-order chi connectivity index (χ1) is 8.35. The number of hydrogen-bond donors (Lipinski definition) is 1. The Labute approximate surface area is 109 Å². The SMILES string of the molecule is CN1C(=O)[C@H](CCCCN)C[C@H]1COS(C)(=O)=O. The third-order valence-electron chi connectivity index (χ3n) is 3.28. The lowest BCUT2D eigenvalue weighted by Gasteiger charge is -2.18. The first-order valence-electron chi connectivity index (χ1n) is 6.16. The van der Waals surface area contributed by atoms with Crippen molar-refractivity contribution in [2.45, 2.75) is 31.7 Å². The van der Waals surface area contributed by atoms with E-state index in [2.05, 4.69) is 0 Å². The Morgan fingerprint density at radius 3 is 2.67 bits per heavy atom. The molecule has 6 nitrogen and oxygen atoms in total. The Hall–Kier alpha value is -0.660. The van der Waals surface area contributed by atoms with Gasteiger partial charge in [0.2, 0.25) is 5.91 Å². The molecular formula is C11H22N2O4S. The minimum Gasteiger partial charge on any atom is -0.340 e. The van der Waals surface area contributed by atoms with Crippen LogP contribution in [0.3, 0.4) is 0 Å². The van der Waals surface area contributed by atoms with Gasteiger partial charge in [0.25, 0.3) is 10.1 Å². The summed E-state index contributed by atoms with van der Waals surface area (Å²) in [6.07, 6.45) is 4.34. The maximum atomic E-state index is 11.9. The van der Waals surface area contributed by atoms with E-state index in [9.17, 15) is 13.2 Å². The first-order valence-corrected chi connectivity index (χ1v) is 7.98. The third-order valence-corrected chi connectivity index (χ3v) is 3.85. The van der Waals surface area contributed by atoms with E-state index in [0.29, 0.717) is 13.0 Å². The normalized spacial score (nSPS) is 24.8. The first kappa shape index (κ1) is 15.4. The van der Waals surface area contributed by atoms with Gasteiger partial charge in [-0.15, -0.1) is 0 Å². The summed E-state index contributed by atoms with van der Waals surface area (Å²) >= 11 is 0. The van der Waals surface area contributed by atoms with Crippen LogP contribution in [0.4, 0.5) is 0 Å². The number of nitrogens with two attached hydrogens (primary N) is 1. The second-order valence-electron chi connectivity index (χ2n) is 4.81. The van der Waals surface area contributed by atoms with Crippen molar-refractivity contribution in [3.63, 3.8) is 0 Å². The van der Waals surface area contributed by atoms with Crippen LogP contribution in [0, 0.1) is 5.92 Å². The Bertz CT molecular complexity index is 383. The summed E-state index contributed by atoms with van der Waals surface area (Å²) in [5.74, 6) is 0.0591. The van der Waals surface area contributed by atoms with Gasteiger partial charge in [0, 0.05) is 13.0 Å². The van der Waals surface area contributed by atoms with Gasteiger partial charge in [0.05, 0.1) is 18.9 Å². The predicted octanol–water partition coefficient (Wildman–Crippen LogP) is -0.0615. The average Bonchev–Trinajstić information content (AvgIpc) is 2.54. The molecule has 1 rings (SSSR count). The van der Waals surface area contributed by atoms with Gasteiger partial charge in [-0.2, -0.15) is 8.42 Å². The smallest absolute Gasteiger partial charge is 0.264 e. The van der Waals surface area contributed by atoms with Crippen molar-refractivity contribution in [2.24, 2.45) is 11.7 Å². The zero-order chi connectivity index (χ0) is 13.8. The Kier molecular flexibility index (Phi) is 5.55. The number of carbonyl (C=O) groups is 1. The van der Waals surface area contributed by atoms with E-state index in [-0.39, 0.29) is 24.5 Å². The molecule has 1 aliphatic rings. The van der Waals surface area contributed by atoms with E-state index in [1.165, 1.54) is 0 Å². The molecule has 2 atom stereocenters. The van der Waals surface area contributed by atoms with Crippen molar-refractivity contribution in [1.82, 2.24) is 4.90 Å². The molecule has 0 aromatic rings. The minimum atomic E-state index is -3.45. The standard InChI is InChI=1S/C11H22N2O4S/c1-13-10(8-17-18(2,15)16)7-9(11(13)14)5-3-4-6-12/h9-10H,3-8,12H2,1-2H3/t9-,10+/m1/s1. The van der Waals surface area contributed by atoms with Crippen LogP contribution in [0.5, 0.6) is 0 Å². The number of rotatable bonds is 7. The van der Waals surface area contributed by atoms with Crippen molar-refractivity contribution in [3.8, 4) is 0 Å².